The fourth-order valence-corrected chi connectivity index (χ4v) is 3.14. The first-order chi connectivity index (χ1) is 11.1. The molecule has 0 unspecified atom stereocenters. The van der Waals surface area contributed by atoms with Crippen molar-refractivity contribution in [3.05, 3.63) is 11.2 Å². The quantitative estimate of drug-likeness (QED) is 0.348. The maximum Gasteiger partial charge on any atom is 0.230 e. The molecule has 1 aliphatic heterocycles. The van der Waals surface area contributed by atoms with Crippen LogP contribution >= 0.6 is 23.4 Å². The number of aromatic nitrogens is 2. The van der Waals surface area contributed by atoms with E-state index in [2.05, 4.69) is 39.1 Å². The fourth-order valence-electron chi connectivity index (χ4n) is 2.23. The molecule has 2 heterocycles. The molecule has 1 aliphatic rings. The van der Waals surface area contributed by atoms with Crippen molar-refractivity contribution in [2.24, 2.45) is 0 Å². The van der Waals surface area contributed by atoms with Crippen molar-refractivity contribution >= 4 is 35.1 Å². The molecule has 0 saturated carbocycles. The van der Waals surface area contributed by atoms with Gasteiger partial charge in [0.1, 0.15) is 11.0 Å². The van der Waals surface area contributed by atoms with Gasteiger partial charge >= 0.3 is 0 Å². The minimum atomic E-state index is 0.00757. The van der Waals surface area contributed by atoms with Crippen LogP contribution in [0.2, 0.25) is 5.15 Å². The van der Waals surface area contributed by atoms with E-state index in [4.69, 9.17) is 11.6 Å². The van der Waals surface area contributed by atoms with Gasteiger partial charge in [0.25, 0.3) is 0 Å². The standard InChI is InChI=1S/C15H24ClN5OS/c1-3-4-5-17-14(22)11-23-15-18-12(16)10-13(19-15)21-8-6-20(2)7-9-21/h10H,3-9,11H2,1-2H3,(H,17,22). The van der Waals surface area contributed by atoms with E-state index >= 15 is 0 Å². The Balaban J connectivity index is 1.91. The monoisotopic (exact) mass is 357 g/mol. The average Bonchev–Trinajstić information content (AvgIpc) is 2.53. The molecule has 0 aromatic carbocycles. The summed E-state index contributed by atoms with van der Waals surface area (Å²) in [7, 11) is 2.11. The SMILES string of the molecule is CCCCNC(=O)CSc1nc(Cl)cc(N2CCN(C)CC2)n1. The average molecular weight is 358 g/mol. The van der Waals surface area contributed by atoms with Gasteiger partial charge in [0, 0.05) is 38.8 Å². The van der Waals surface area contributed by atoms with Crippen LogP contribution in [-0.4, -0.2) is 66.3 Å². The van der Waals surface area contributed by atoms with Gasteiger partial charge in [0.2, 0.25) is 5.91 Å². The lowest BCUT2D eigenvalue weighted by Crippen LogP contribution is -2.44. The van der Waals surface area contributed by atoms with Gasteiger partial charge in [0.05, 0.1) is 5.75 Å². The van der Waals surface area contributed by atoms with Gasteiger partial charge in [-0.05, 0) is 13.5 Å². The predicted molar refractivity (Wildman–Crippen MR) is 95.4 cm³/mol. The number of carbonyl (C=O) groups is 1. The van der Waals surface area contributed by atoms with Crippen LogP contribution in [0.1, 0.15) is 19.8 Å². The highest BCUT2D eigenvalue weighted by molar-refractivity contribution is 7.99. The molecule has 23 heavy (non-hydrogen) atoms. The normalized spacial score (nSPS) is 15.7. The Labute approximate surface area is 147 Å². The Morgan fingerprint density at radius 2 is 2.09 bits per heavy atom. The highest BCUT2D eigenvalue weighted by atomic mass is 35.5. The first-order valence-electron chi connectivity index (χ1n) is 7.96. The Bertz CT molecular complexity index is 523. The second-order valence-electron chi connectivity index (χ2n) is 5.61. The summed E-state index contributed by atoms with van der Waals surface area (Å²) in [6.45, 7) is 6.67. The number of anilines is 1. The van der Waals surface area contributed by atoms with Crippen molar-refractivity contribution in [2.45, 2.75) is 24.9 Å². The zero-order valence-corrected chi connectivity index (χ0v) is 15.3. The number of halogens is 1. The zero-order valence-electron chi connectivity index (χ0n) is 13.7. The van der Waals surface area contributed by atoms with Crippen molar-refractivity contribution in [3.63, 3.8) is 0 Å². The van der Waals surface area contributed by atoms with E-state index in [-0.39, 0.29) is 5.91 Å². The van der Waals surface area contributed by atoms with Crippen LogP contribution in [0.25, 0.3) is 0 Å². The van der Waals surface area contributed by atoms with Gasteiger partial charge in [-0.15, -0.1) is 0 Å². The molecular weight excluding hydrogens is 334 g/mol. The van der Waals surface area contributed by atoms with E-state index in [0.29, 0.717) is 16.1 Å². The minimum Gasteiger partial charge on any atom is -0.355 e. The lowest BCUT2D eigenvalue weighted by molar-refractivity contribution is -0.118. The second-order valence-corrected chi connectivity index (χ2v) is 6.94. The van der Waals surface area contributed by atoms with Crippen LogP contribution in [0.5, 0.6) is 0 Å². The van der Waals surface area contributed by atoms with Crippen molar-refractivity contribution in [3.8, 4) is 0 Å². The molecule has 2 rings (SSSR count). The molecule has 1 aromatic rings. The molecule has 0 bridgehead atoms. The summed E-state index contributed by atoms with van der Waals surface area (Å²) < 4.78 is 0. The smallest absolute Gasteiger partial charge is 0.230 e. The van der Waals surface area contributed by atoms with Gasteiger partial charge < -0.3 is 15.1 Å². The molecule has 128 valence electrons. The molecule has 1 amide bonds. The summed E-state index contributed by atoms with van der Waals surface area (Å²) in [5.41, 5.74) is 0. The van der Waals surface area contributed by atoms with E-state index in [1.165, 1.54) is 11.8 Å². The zero-order chi connectivity index (χ0) is 16.7. The summed E-state index contributed by atoms with van der Waals surface area (Å²) in [4.78, 5) is 25.0. The number of rotatable bonds is 7. The number of hydrogen-bond donors (Lipinski definition) is 1. The molecule has 1 N–H and O–H groups in total. The third-order valence-corrected chi connectivity index (χ3v) is 4.71. The van der Waals surface area contributed by atoms with E-state index in [1.807, 2.05) is 0 Å². The molecular formula is C15H24ClN5OS. The maximum atomic E-state index is 11.8. The predicted octanol–water partition coefficient (Wildman–Crippen LogP) is 1.89. The molecule has 1 saturated heterocycles. The Morgan fingerprint density at radius 1 is 1.35 bits per heavy atom. The van der Waals surface area contributed by atoms with Gasteiger partial charge in [0.15, 0.2) is 5.16 Å². The van der Waals surface area contributed by atoms with Crippen LogP contribution in [-0.2, 0) is 4.79 Å². The van der Waals surface area contributed by atoms with Crippen LogP contribution in [0.4, 0.5) is 5.82 Å². The summed E-state index contributed by atoms with van der Waals surface area (Å²) in [5.74, 6) is 1.16. The molecule has 8 heteroatoms. The third kappa shape index (κ3) is 6.16. The largest absolute Gasteiger partial charge is 0.355 e. The fraction of sp³-hybridized carbons (Fsp3) is 0.667. The number of carbonyl (C=O) groups excluding carboxylic acids is 1. The Hall–Kier alpha value is -1.05. The van der Waals surface area contributed by atoms with E-state index < -0.39 is 0 Å². The number of nitrogens with one attached hydrogen (secondary N) is 1. The lowest BCUT2D eigenvalue weighted by atomic mass is 10.3. The number of likely N-dealkylation sites (N-methyl/N-ethyl adjacent to an activating group) is 1. The third-order valence-electron chi connectivity index (χ3n) is 3.67. The summed E-state index contributed by atoms with van der Waals surface area (Å²) in [5, 5.41) is 3.86. The molecule has 0 aliphatic carbocycles. The van der Waals surface area contributed by atoms with Gasteiger partial charge in [-0.2, -0.15) is 0 Å². The number of nitrogens with zero attached hydrogens (tertiary/aromatic N) is 4. The summed E-state index contributed by atoms with van der Waals surface area (Å²) in [6, 6.07) is 1.79. The van der Waals surface area contributed by atoms with Gasteiger partial charge in [-0.1, -0.05) is 36.7 Å². The molecule has 6 nitrogen and oxygen atoms in total. The maximum absolute atomic E-state index is 11.8. The number of piperazine rings is 1. The number of hydrogen-bond acceptors (Lipinski definition) is 6. The van der Waals surface area contributed by atoms with Crippen molar-refractivity contribution in [1.29, 1.82) is 0 Å². The number of unbranched alkanes of at least 4 members (excludes halogenated alkanes) is 1. The molecule has 0 radical (unpaired) electrons. The van der Waals surface area contributed by atoms with Crippen molar-refractivity contribution < 1.29 is 4.79 Å². The minimum absolute atomic E-state index is 0.00757. The van der Waals surface area contributed by atoms with E-state index in [9.17, 15) is 4.79 Å². The highest BCUT2D eigenvalue weighted by Crippen LogP contribution is 2.22. The van der Waals surface area contributed by atoms with Crippen molar-refractivity contribution in [1.82, 2.24) is 20.2 Å². The summed E-state index contributed by atoms with van der Waals surface area (Å²) >= 11 is 7.44. The molecule has 1 aromatic heterocycles. The first-order valence-corrected chi connectivity index (χ1v) is 9.32. The van der Waals surface area contributed by atoms with Crippen LogP contribution in [0, 0.1) is 0 Å². The molecule has 0 atom stereocenters. The van der Waals surface area contributed by atoms with E-state index in [1.54, 1.807) is 6.07 Å². The second kappa shape index (κ2) is 9.30. The number of amides is 1. The van der Waals surface area contributed by atoms with Crippen LogP contribution in [0.3, 0.4) is 0 Å². The topological polar surface area (TPSA) is 61.4 Å². The lowest BCUT2D eigenvalue weighted by Gasteiger charge is -2.33. The van der Waals surface area contributed by atoms with Crippen LogP contribution in [0.15, 0.2) is 11.2 Å². The van der Waals surface area contributed by atoms with Gasteiger partial charge in [-0.25, -0.2) is 9.97 Å². The first kappa shape index (κ1) is 18.3. The molecule has 1 fully saturated rings. The number of thioether (sulfide) groups is 1. The Kier molecular flexibility index (Phi) is 7.39. The van der Waals surface area contributed by atoms with Crippen molar-refractivity contribution in [2.75, 3.05) is 50.4 Å². The summed E-state index contributed by atoms with van der Waals surface area (Å²) in [6.07, 6.45) is 2.07. The highest BCUT2D eigenvalue weighted by Gasteiger charge is 2.17. The van der Waals surface area contributed by atoms with Crippen LogP contribution < -0.4 is 10.2 Å². The van der Waals surface area contributed by atoms with E-state index in [0.717, 1.165) is 51.4 Å². The Morgan fingerprint density at radius 3 is 2.78 bits per heavy atom. The molecule has 0 spiro atoms. The van der Waals surface area contributed by atoms with Gasteiger partial charge in [-0.3, -0.25) is 4.79 Å².